The quantitative estimate of drug-likeness (QED) is 0.847. The molecule has 1 heterocycles. The van der Waals surface area contributed by atoms with Gasteiger partial charge in [0.2, 0.25) is 0 Å². The number of benzene rings is 1. The molecule has 1 aliphatic rings. The molecule has 4 nitrogen and oxygen atoms in total. The lowest BCUT2D eigenvalue weighted by Crippen LogP contribution is -2.22. The van der Waals surface area contributed by atoms with Crippen molar-refractivity contribution in [1.29, 1.82) is 0 Å². The van der Waals surface area contributed by atoms with E-state index in [4.69, 9.17) is 10.8 Å². The third-order valence-corrected chi connectivity index (χ3v) is 3.96. The molecular formula is C15H22N2O2. The van der Waals surface area contributed by atoms with E-state index in [9.17, 15) is 4.79 Å². The van der Waals surface area contributed by atoms with Crippen molar-refractivity contribution in [1.82, 2.24) is 4.90 Å². The molecule has 1 fully saturated rings. The van der Waals surface area contributed by atoms with E-state index < -0.39 is 11.9 Å². The molecule has 19 heavy (non-hydrogen) atoms. The average Bonchev–Trinajstić information content (AvgIpc) is 2.86. The van der Waals surface area contributed by atoms with E-state index in [1.54, 1.807) is 6.92 Å². The molecule has 4 heteroatoms. The van der Waals surface area contributed by atoms with E-state index in [0.29, 0.717) is 5.92 Å². The monoisotopic (exact) mass is 262 g/mol. The van der Waals surface area contributed by atoms with Gasteiger partial charge in [-0.1, -0.05) is 24.3 Å². The Labute approximate surface area is 114 Å². The summed E-state index contributed by atoms with van der Waals surface area (Å²) in [6.07, 6.45) is 1.19. The van der Waals surface area contributed by atoms with Crippen LogP contribution in [0.3, 0.4) is 0 Å². The minimum Gasteiger partial charge on any atom is -0.481 e. The van der Waals surface area contributed by atoms with Gasteiger partial charge in [-0.15, -0.1) is 0 Å². The Morgan fingerprint density at radius 2 is 2.16 bits per heavy atom. The third-order valence-electron chi connectivity index (χ3n) is 3.96. The number of nitrogens with two attached hydrogens (primary N) is 1. The molecule has 0 spiro atoms. The van der Waals surface area contributed by atoms with Crippen LogP contribution in [0.2, 0.25) is 0 Å². The summed E-state index contributed by atoms with van der Waals surface area (Å²) in [4.78, 5) is 13.3. The first-order valence-electron chi connectivity index (χ1n) is 6.84. The lowest BCUT2D eigenvalue weighted by molar-refractivity contribution is -0.138. The summed E-state index contributed by atoms with van der Waals surface area (Å²) < 4.78 is 0. The Bertz CT molecular complexity index is 430. The molecule has 2 rings (SSSR count). The minimum absolute atomic E-state index is 0.442. The van der Waals surface area contributed by atoms with Crippen molar-refractivity contribution >= 4 is 5.97 Å². The lowest BCUT2D eigenvalue weighted by atomic mass is 10.00. The maximum atomic E-state index is 10.9. The van der Waals surface area contributed by atoms with E-state index >= 15 is 0 Å². The van der Waals surface area contributed by atoms with Gasteiger partial charge in [-0.05, 0) is 43.5 Å². The molecule has 1 aromatic rings. The number of hydrogen-bond acceptors (Lipinski definition) is 3. The maximum absolute atomic E-state index is 10.9. The molecule has 0 aromatic heterocycles. The second-order valence-electron chi connectivity index (χ2n) is 5.43. The standard InChI is InChI=1S/C15H22N2O2/c1-11(15(18)19)14-4-2-12(3-5-14)9-17-7-6-13(8-16)10-17/h2-5,11,13H,6-10,16H2,1H3,(H,18,19). The van der Waals surface area contributed by atoms with Crippen molar-refractivity contribution in [2.24, 2.45) is 11.7 Å². The highest BCUT2D eigenvalue weighted by molar-refractivity contribution is 5.75. The van der Waals surface area contributed by atoms with Crippen LogP contribution in [0.15, 0.2) is 24.3 Å². The van der Waals surface area contributed by atoms with Gasteiger partial charge >= 0.3 is 5.97 Å². The smallest absolute Gasteiger partial charge is 0.310 e. The highest BCUT2D eigenvalue weighted by atomic mass is 16.4. The number of carboxylic acid groups (broad SMARTS) is 1. The normalized spacial score (nSPS) is 21.5. The SMILES string of the molecule is CC(C(=O)O)c1ccc(CN2CCC(CN)C2)cc1. The lowest BCUT2D eigenvalue weighted by Gasteiger charge is -2.16. The molecule has 1 aromatic carbocycles. The fraction of sp³-hybridized carbons (Fsp3) is 0.533. The van der Waals surface area contributed by atoms with Crippen molar-refractivity contribution in [3.8, 4) is 0 Å². The van der Waals surface area contributed by atoms with Crippen LogP contribution in [0, 0.1) is 5.92 Å². The number of carbonyl (C=O) groups is 1. The molecule has 2 unspecified atom stereocenters. The van der Waals surface area contributed by atoms with Gasteiger partial charge in [-0.25, -0.2) is 0 Å². The minimum atomic E-state index is -0.780. The first-order chi connectivity index (χ1) is 9.10. The number of nitrogens with zero attached hydrogens (tertiary/aromatic N) is 1. The molecule has 104 valence electrons. The van der Waals surface area contributed by atoms with Crippen molar-refractivity contribution in [2.45, 2.75) is 25.8 Å². The predicted octanol–water partition coefficient (Wildman–Crippen LogP) is 1.66. The summed E-state index contributed by atoms with van der Waals surface area (Å²) in [5.74, 6) is -0.591. The summed E-state index contributed by atoms with van der Waals surface area (Å²) in [5, 5.41) is 8.97. The zero-order chi connectivity index (χ0) is 13.8. The molecule has 3 N–H and O–H groups in total. The highest BCUT2D eigenvalue weighted by Crippen LogP contribution is 2.20. The van der Waals surface area contributed by atoms with E-state index in [1.165, 1.54) is 12.0 Å². The molecule has 1 saturated heterocycles. The van der Waals surface area contributed by atoms with Crippen molar-refractivity contribution in [3.63, 3.8) is 0 Å². The van der Waals surface area contributed by atoms with Crippen LogP contribution in [-0.4, -0.2) is 35.6 Å². The van der Waals surface area contributed by atoms with Crippen LogP contribution in [0.5, 0.6) is 0 Å². The fourth-order valence-electron chi connectivity index (χ4n) is 2.56. The van der Waals surface area contributed by atoms with Crippen molar-refractivity contribution < 1.29 is 9.90 Å². The molecule has 0 aliphatic carbocycles. The predicted molar refractivity (Wildman–Crippen MR) is 74.9 cm³/mol. The van der Waals surface area contributed by atoms with Gasteiger partial charge in [0.05, 0.1) is 5.92 Å². The summed E-state index contributed by atoms with van der Waals surface area (Å²) >= 11 is 0. The first-order valence-corrected chi connectivity index (χ1v) is 6.84. The van der Waals surface area contributed by atoms with Crippen molar-refractivity contribution in [2.75, 3.05) is 19.6 Å². The van der Waals surface area contributed by atoms with Gasteiger partial charge in [-0.2, -0.15) is 0 Å². The van der Waals surface area contributed by atoms with Gasteiger partial charge in [0.1, 0.15) is 0 Å². The second kappa shape index (κ2) is 6.17. The number of aliphatic carboxylic acids is 1. The van der Waals surface area contributed by atoms with Gasteiger partial charge in [0.15, 0.2) is 0 Å². The average molecular weight is 262 g/mol. The summed E-state index contributed by atoms with van der Waals surface area (Å²) in [6.45, 7) is 5.59. The number of hydrogen-bond donors (Lipinski definition) is 2. The third kappa shape index (κ3) is 3.55. The highest BCUT2D eigenvalue weighted by Gasteiger charge is 2.21. The summed E-state index contributed by atoms with van der Waals surface area (Å²) in [6, 6.07) is 7.91. The molecule has 0 radical (unpaired) electrons. The summed E-state index contributed by atoms with van der Waals surface area (Å²) in [7, 11) is 0. The second-order valence-corrected chi connectivity index (χ2v) is 5.43. The Morgan fingerprint density at radius 3 is 2.68 bits per heavy atom. The molecule has 0 saturated carbocycles. The Hall–Kier alpha value is -1.39. The van der Waals surface area contributed by atoms with Crippen LogP contribution in [0.25, 0.3) is 0 Å². The Balaban J connectivity index is 1.94. The van der Waals surface area contributed by atoms with Gasteiger partial charge in [0, 0.05) is 13.1 Å². The molecule has 1 aliphatic heterocycles. The largest absolute Gasteiger partial charge is 0.481 e. The first kappa shape index (κ1) is 14.0. The van der Waals surface area contributed by atoms with Crippen LogP contribution < -0.4 is 5.73 Å². The van der Waals surface area contributed by atoms with Crippen LogP contribution in [0.4, 0.5) is 0 Å². The van der Waals surface area contributed by atoms with Gasteiger partial charge < -0.3 is 10.8 Å². The van der Waals surface area contributed by atoms with Crippen LogP contribution in [-0.2, 0) is 11.3 Å². The van der Waals surface area contributed by atoms with E-state index in [-0.39, 0.29) is 0 Å². The van der Waals surface area contributed by atoms with Gasteiger partial charge in [-0.3, -0.25) is 9.69 Å². The zero-order valence-electron chi connectivity index (χ0n) is 11.4. The number of likely N-dealkylation sites (tertiary alicyclic amines) is 1. The summed E-state index contributed by atoms with van der Waals surface area (Å²) in [5.41, 5.74) is 7.78. The van der Waals surface area contributed by atoms with E-state index in [2.05, 4.69) is 4.90 Å². The van der Waals surface area contributed by atoms with E-state index in [1.807, 2.05) is 24.3 Å². The Kier molecular flexibility index (Phi) is 4.56. The number of rotatable bonds is 5. The maximum Gasteiger partial charge on any atom is 0.310 e. The van der Waals surface area contributed by atoms with E-state index in [0.717, 1.165) is 31.7 Å². The fourth-order valence-corrected chi connectivity index (χ4v) is 2.56. The topological polar surface area (TPSA) is 66.6 Å². The Morgan fingerprint density at radius 1 is 1.47 bits per heavy atom. The molecular weight excluding hydrogens is 240 g/mol. The van der Waals surface area contributed by atoms with Crippen LogP contribution >= 0.6 is 0 Å². The molecule has 2 atom stereocenters. The van der Waals surface area contributed by atoms with Crippen molar-refractivity contribution in [3.05, 3.63) is 35.4 Å². The van der Waals surface area contributed by atoms with Gasteiger partial charge in [0.25, 0.3) is 0 Å². The molecule has 0 bridgehead atoms. The van der Waals surface area contributed by atoms with Crippen LogP contribution in [0.1, 0.15) is 30.4 Å². The molecule has 0 amide bonds. The zero-order valence-corrected chi connectivity index (χ0v) is 11.4. The number of carboxylic acids is 1.